The fourth-order valence-electron chi connectivity index (χ4n) is 1.98. The minimum absolute atomic E-state index is 0.220. The van der Waals surface area contributed by atoms with Crippen LogP contribution >= 0.6 is 15.9 Å². The van der Waals surface area contributed by atoms with Crippen LogP contribution in [0.3, 0.4) is 0 Å². The topological polar surface area (TPSA) is 68.9 Å². The van der Waals surface area contributed by atoms with Crippen LogP contribution in [-0.4, -0.2) is 20.2 Å². The number of nitrogens with two attached hydrogens (primary N) is 1. The van der Waals surface area contributed by atoms with Crippen LogP contribution in [0.5, 0.6) is 11.5 Å². The van der Waals surface area contributed by atoms with E-state index in [1.807, 2.05) is 0 Å². The fourth-order valence-corrected chi connectivity index (χ4v) is 2.49. The van der Waals surface area contributed by atoms with Crippen LogP contribution in [0.2, 0.25) is 0 Å². The second-order valence-electron chi connectivity index (χ2n) is 4.67. The third kappa shape index (κ3) is 4.85. The lowest BCUT2D eigenvalue weighted by atomic mass is 10.2. The van der Waals surface area contributed by atoms with Crippen molar-refractivity contribution >= 4 is 27.6 Å². The third-order valence-electron chi connectivity index (χ3n) is 3.01. The highest BCUT2D eigenvalue weighted by Gasteiger charge is 2.05. The highest BCUT2D eigenvalue weighted by molar-refractivity contribution is 9.10. The number of hydrogen-bond acceptors (Lipinski definition) is 3. The zero-order chi connectivity index (χ0) is 16.8. The molecule has 7 heteroatoms. The van der Waals surface area contributed by atoms with Gasteiger partial charge in [0.2, 0.25) is 0 Å². The molecule has 0 unspecified atom stereocenters. The Hall–Kier alpha value is -2.28. The SMILES string of the molecule is COc1ccc(NC(N)=NCc2cc(F)cc(Br)c2)cc1OC. The highest BCUT2D eigenvalue weighted by atomic mass is 79.9. The average Bonchev–Trinajstić information content (AvgIpc) is 2.52. The maximum absolute atomic E-state index is 13.3. The molecule has 3 N–H and O–H groups in total. The van der Waals surface area contributed by atoms with Gasteiger partial charge < -0.3 is 20.5 Å². The number of ether oxygens (including phenoxy) is 2. The van der Waals surface area contributed by atoms with Crippen LogP contribution in [0.15, 0.2) is 45.9 Å². The smallest absolute Gasteiger partial charge is 0.193 e. The molecule has 0 aliphatic carbocycles. The summed E-state index contributed by atoms with van der Waals surface area (Å²) in [6.07, 6.45) is 0. The Morgan fingerprint density at radius 3 is 2.57 bits per heavy atom. The molecule has 0 amide bonds. The normalized spacial score (nSPS) is 11.2. The summed E-state index contributed by atoms with van der Waals surface area (Å²) in [5.74, 6) is 1.10. The Morgan fingerprint density at radius 2 is 1.91 bits per heavy atom. The second-order valence-corrected chi connectivity index (χ2v) is 5.59. The molecule has 2 aromatic carbocycles. The minimum atomic E-state index is -0.323. The van der Waals surface area contributed by atoms with E-state index in [1.54, 1.807) is 38.5 Å². The lowest BCUT2D eigenvalue weighted by molar-refractivity contribution is 0.355. The monoisotopic (exact) mass is 381 g/mol. The van der Waals surface area contributed by atoms with E-state index in [9.17, 15) is 4.39 Å². The fraction of sp³-hybridized carbons (Fsp3) is 0.188. The predicted molar refractivity (Wildman–Crippen MR) is 92.6 cm³/mol. The minimum Gasteiger partial charge on any atom is -0.493 e. The molecule has 23 heavy (non-hydrogen) atoms. The summed E-state index contributed by atoms with van der Waals surface area (Å²) < 4.78 is 24.4. The Labute approximate surface area is 142 Å². The molecule has 0 aliphatic heterocycles. The maximum Gasteiger partial charge on any atom is 0.193 e. The predicted octanol–water partition coefficient (Wildman–Crippen LogP) is 3.53. The van der Waals surface area contributed by atoms with E-state index in [-0.39, 0.29) is 18.3 Å². The first-order valence-corrected chi connectivity index (χ1v) is 7.55. The quantitative estimate of drug-likeness (QED) is 0.613. The molecule has 0 saturated heterocycles. The van der Waals surface area contributed by atoms with Crippen LogP contribution in [0.1, 0.15) is 5.56 Å². The number of nitrogens with zero attached hydrogens (tertiary/aromatic N) is 1. The molecule has 0 aromatic heterocycles. The number of anilines is 1. The molecule has 0 radical (unpaired) electrons. The molecule has 0 spiro atoms. The molecule has 5 nitrogen and oxygen atoms in total. The summed E-state index contributed by atoms with van der Waals surface area (Å²) in [5, 5.41) is 2.95. The van der Waals surface area contributed by atoms with Crippen molar-refractivity contribution in [3.8, 4) is 11.5 Å². The second kappa shape index (κ2) is 7.82. The first-order valence-electron chi connectivity index (χ1n) is 6.75. The van der Waals surface area contributed by atoms with E-state index in [4.69, 9.17) is 15.2 Å². The molecule has 0 aliphatic rings. The number of benzene rings is 2. The van der Waals surface area contributed by atoms with Gasteiger partial charge in [-0.25, -0.2) is 9.38 Å². The summed E-state index contributed by atoms with van der Waals surface area (Å²) in [7, 11) is 3.12. The van der Waals surface area contributed by atoms with Gasteiger partial charge in [0.05, 0.1) is 20.8 Å². The van der Waals surface area contributed by atoms with Crippen molar-refractivity contribution in [1.29, 1.82) is 0 Å². The van der Waals surface area contributed by atoms with Gasteiger partial charge in [-0.15, -0.1) is 0 Å². The molecule has 0 bridgehead atoms. The van der Waals surface area contributed by atoms with E-state index in [1.165, 1.54) is 12.1 Å². The molecule has 0 heterocycles. The van der Waals surface area contributed by atoms with Gasteiger partial charge in [-0.2, -0.15) is 0 Å². The Morgan fingerprint density at radius 1 is 1.17 bits per heavy atom. The van der Waals surface area contributed by atoms with Crippen LogP contribution in [0.25, 0.3) is 0 Å². The van der Waals surface area contributed by atoms with Gasteiger partial charge in [0, 0.05) is 16.2 Å². The Bertz CT molecular complexity index is 702. The number of hydrogen-bond donors (Lipinski definition) is 2. The molecule has 0 fully saturated rings. The van der Waals surface area contributed by atoms with Gasteiger partial charge in [0.1, 0.15) is 5.82 Å². The summed E-state index contributed by atoms with van der Waals surface area (Å²) in [5.41, 5.74) is 7.28. The van der Waals surface area contributed by atoms with Gasteiger partial charge in [-0.3, -0.25) is 0 Å². The number of nitrogens with one attached hydrogen (secondary N) is 1. The van der Waals surface area contributed by atoms with Crippen LogP contribution in [0, 0.1) is 5.82 Å². The van der Waals surface area contributed by atoms with Crippen molar-refractivity contribution < 1.29 is 13.9 Å². The largest absolute Gasteiger partial charge is 0.493 e. The maximum atomic E-state index is 13.3. The van der Waals surface area contributed by atoms with E-state index in [0.29, 0.717) is 27.2 Å². The lowest BCUT2D eigenvalue weighted by Crippen LogP contribution is -2.22. The molecule has 0 atom stereocenters. The van der Waals surface area contributed by atoms with Gasteiger partial charge in [0.15, 0.2) is 17.5 Å². The number of guanidine groups is 1. The Kier molecular flexibility index (Phi) is 5.81. The van der Waals surface area contributed by atoms with Gasteiger partial charge in [-0.1, -0.05) is 15.9 Å². The highest BCUT2D eigenvalue weighted by Crippen LogP contribution is 2.29. The standard InChI is InChI=1S/C16H17BrFN3O2/c1-22-14-4-3-13(8-15(14)23-2)21-16(19)20-9-10-5-11(17)7-12(18)6-10/h3-8H,9H2,1-2H3,(H3,19,20,21). The average molecular weight is 382 g/mol. The van der Waals surface area contributed by atoms with Crippen molar-refractivity contribution in [1.82, 2.24) is 0 Å². The molecule has 0 saturated carbocycles. The van der Waals surface area contributed by atoms with Crippen LogP contribution < -0.4 is 20.5 Å². The lowest BCUT2D eigenvalue weighted by Gasteiger charge is -2.11. The molecule has 2 rings (SSSR count). The van der Waals surface area contributed by atoms with Crippen molar-refractivity contribution in [3.05, 3.63) is 52.3 Å². The Balaban J connectivity index is 2.07. The third-order valence-corrected chi connectivity index (χ3v) is 3.47. The first kappa shape index (κ1) is 17.1. The summed E-state index contributed by atoms with van der Waals surface area (Å²) >= 11 is 3.24. The van der Waals surface area contributed by atoms with Gasteiger partial charge >= 0.3 is 0 Å². The van der Waals surface area contributed by atoms with E-state index >= 15 is 0 Å². The van der Waals surface area contributed by atoms with Gasteiger partial charge in [0.25, 0.3) is 0 Å². The van der Waals surface area contributed by atoms with Crippen molar-refractivity contribution in [2.24, 2.45) is 10.7 Å². The summed E-state index contributed by atoms with van der Waals surface area (Å²) in [6, 6.07) is 9.90. The molecular formula is C16H17BrFN3O2. The van der Waals surface area contributed by atoms with Gasteiger partial charge in [-0.05, 0) is 35.9 Å². The van der Waals surface area contributed by atoms with E-state index in [0.717, 1.165) is 0 Å². The van der Waals surface area contributed by atoms with E-state index < -0.39 is 0 Å². The molecule has 122 valence electrons. The zero-order valence-corrected chi connectivity index (χ0v) is 14.4. The van der Waals surface area contributed by atoms with Crippen molar-refractivity contribution in [2.75, 3.05) is 19.5 Å². The number of aliphatic imine (C=N–C) groups is 1. The van der Waals surface area contributed by atoms with Crippen LogP contribution in [0.4, 0.5) is 10.1 Å². The first-order chi connectivity index (χ1) is 11.0. The number of rotatable bonds is 5. The number of methoxy groups -OCH3 is 2. The summed E-state index contributed by atoms with van der Waals surface area (Å²) in [4.78, 5) is 4.19. The summed E-state index contributed by atoms with van der Waals surface area (Å²) in [6.45, 7) is 0.266. The van der Waals surface area contributed by atoms with Crippen molar-refractivity contribution in [2.45, 2.75) is 6.54 Å². The van der Waals surface area contributed by atoms with Crippen molar-refractivity contribution in [3.63, 3.8) is 0 Å². The van der Waals surface area contributed by atoms with E-state index in [2.05, 4.69) is 26.2 Å². The number of halogens is 2. The molecule has 2 aromatic rings. The molecular weight excluding hydrogens is 365 g/mol. The van der Waals surface area contributed by atoms with Crippen LogP contribution in [-0.2, 0) is 6.54 Å². The zero-order valence-electron chi connectivity index (χ0n) is 12.8.